The van der Waals surface area contributed by atoms with Crippen LogP contribution in [0.15, 0.2) is 53.3 Å². The molecule has 0 atom stereocenters. The molecule has 1 aromatic heterocycles. The molecule has 9 heteroatoms. The van der Waals surface area contributed by atoms with Crippen LogP contribution in [0.25, 0.3) is 10.9 Å². The molecule has 6 nitrogen and oxygen atoms in total. The van der Waals surface area contributed by atoms with E-state index in [1.54, 1.807) is 24.3 Å². The lowest BCUT2D eigenvalue weighted by Crippen LogP contribution is -2.26. The predicted molar refractivity (Wildman–Crippen MR) is 85.0 cm³/mol. The van der Waals surface area contributed by atoms with E-state index in [-0.39, 0.29) is 12.0 Å². The minimum absolute atomic E-state index is 0.154. The van der Waals surface area contributed by atoms with Crippen LogP contribution in [0, 0.1) is 0 Å². The van der Waals surface area contributed by atoms with Gasteiger partial charge in [0, 0.05) is 0 Å². The van der Waals surface area contributed by atoms with Gasteiger partial charge in [-0.05, 0) is 23.8 Å². The van der Waals surface area contributed by atoms with Crippen molar-refractivity contribution in [1.82, 2.24) is 15.0 Å². The fourth-order valence-electron chi connectivity index (χ4n) is 2.32. The minimum atomic E-state index is -4.49. The molecule has 3 aromatic rings. The molecule has 26 heavy (non-hydrogen) atoms. The molecule has 2 aromatic carbocycles. The van der Waals surface area contributed by atoms with Crippen molar-refractivity contribution in [3.8, 4) is 0 Å². The van der Waals surface area contributed by atoms with Crippen molar-refractivity contribution < 1.29 is 22.7 Å². The summed E-state index contributed by atoms with van der Waals surface area (Å²) in [4.78, 5) is 24.1. The molecule has 3 rings (SSSR count). The first-order chi connectivity index (χ1) is 12.3. The predicted octanol–water partition coefficient (Wildman–Crippen LogP) is 2.55. The lowest BCUT2D eigenvalue weighted by atomic mass is 10.1. The number of ether oxygens (including phenoxy) is 1. The Hall–Kier alpha value is -3.23. The number of benzene rings is 2. The number of rotatable bonds is 4. The minimum Gasteiger partial charge on any atom is -0.442 e. The van der Waals surface area contributed by atoms with Gasteiger partial charge in [0.2, 0.25) is 0 Å². The maximum absolute atomic E-state index is 12.7. The summed E-state index contributed by atoms with van der Waals surface area (Å²) in [6.07, 6.45) is -4.85. The second-order valence-corrected chi connectivity index (χ2v) is 5.43. The molecular weight excluding hydrogens is 351 g/mol. The second kappa shape index (κ2) is 6.95. The third kappa shape index (κ3) is 3.88. The first kappa shape index (κ1) is 17.6. The number of fused-ring (bicyclic) bond motifs is 1. The Balaban J connectivity index is 1.68. The Morgan fingerprint density at radius 1 is 1.12 bits per heavy atom. The highest BCUT2D eigenvalue weighted by Crippen LogP contribution is 2.29. The maximum atomic E-state index is 12.7. The molecule has 0 aliphatic carbocycles. The van der Waals surface area contributed by atoms with Crippen LogP contribution in [-0.2, 0) is 28.9 Å². The van der Waals surface area contributed by atoms with Crippen molar-refractivity contribution in [2.75, 3.05) is 0 Å². The normalized spacial score (nSPS) is 11.5. The lowest BCUT2D eigenvalue weighted by Gasteiger charge is -2.09. The second-order valence-electron chi connectivity index (χ2n) is 5.43. The number of esters is 1. The van der Waals surface area contributed by atoms with E-state index in [4.69, 9.17) is 4.74 Å². The summed E-state index contributed by atoms with van der Waals surface area (Å²) in [5, 5.41) is 7.82. The van der Waals surface area contributed by atoms with Gasteiger partial charge in [0.25, 0.3) is 5.56 Å². The highest BCUT2D eigenvalue weighted by atomic mass is 19.4. The van der Waals surface area contributed by atoms with Crippen LogP contribution in [0.1, 0.15) is 11.1 Å². The van der Waals surface area contributed by atoms with E-state index in [0.717, 1.165) is 16.8 Å². The fraction of sp³-hybridized carbons (Fsp3) is 0.176. The summed E-state index contributed by atoms with van der Waals surface area (Å²) in [5.74, 6) is -0.786. The molecule has 0 saturated heterocycles. The average molecular weight is 363 g/mol. The van der Waals surface area contributed by atoms with Gasteiger partial charge >= 0.3 is 12.1 Å². The molecule has 0 bridgehead atoms. The maximum Gasteiger partial charge on any atom is 0.416 e. The number of hydrogen-bond acceptors (Lipinski definition) is 5. The van der Waals surface area contributed by atoms with Gasteiger partial charge in [0.05, 0.1) is 17.4 Å². The van der Waals surface area contributed by atoms with E-state index in [2.05, 4.69) is 10.3 Å². The molecule has 1 heterocycles. The topological polar surface area (TPSA) is 74.1 Å². The van der Waals surface area contributed by atoms with Crippen LogP contribution in [-0.4, -0.2) is 21.0 Å². The summed E-state index contributed by atoms with van der Waals surface area (Å²) < 4.78 is 43.8. The van der Waals surface area contributed by atoms with Gasteiger partial charge in [-0.15, -0.1) is 5.10 Å². The largest absolute Gasteiger partial charge is 0.442 e. The molecule has 0 amide bonds. The van der Waals surface area contributed by atoms with Crippen molar-refractivity contribution in [1.29, 1.82) is 0 Å². The highest BCUT2D eigenvalue weighted by Gasteiger charge is 2.30. The molecule has 0 unspecified atom stereocenters. The molecule has 0 saturated carbocycles. The number of hydrogen-bond donors (Lipinski definition) is 0. The number of halogens is 3. The Morgan fingerprint density at radius 2 is 1.88 bits per heavy atom. The van der Waals surface area contributed by atoms with Gasteiger partial charge in [-0.1, -0.05) is 35.5 Å². The fourth-order valence-corrected chi connectivity index (χ4v) is 2.32. The third-order valence-electron chi connectivity index (χ3n) is 3.58. The summed E-state index contributed by atoms with van der Waals surface area (Å²) in [6.45, 7) is -0.478. The molecule has 0 aliphatic rings. The summed E-state index contributed by atoms with van der Waals surface area (Å²) >= 11 is 0. The van der Waals surface area contributed by atoms with Crippen LogP contribution >= 0.6 is 0 Å². The highest BCUT2D eigenvalue weighted by molar-refractivity contribution is 5.76. The van der Waals surface area contributed by atoms with Gasteiger partial charge in [-0.2, -0.15) is 17.9 Å². The molecular formula is C17H12F3N3O3. The van der Waals surface area contributed by atoms with Crippen LogP contribution in [0.3, 0.4) is 0 Å². The zero-order chi connectivity index (χ0) is 18.7. The van der Waals surface area contributed by atoms with E-state index < -0.39 is 30.0 Å². The standard InChI is InChI=1S/C17H12F3N3O3/c18-17(19,20)12-5-3-4-11(8-12)9-15(24)26-10-23-16(25)13-6-1-2-7-14(13)21-22-23/h1-8H,9-10H2. The molecule has 134 valence electrons. The average Bonchev–Trinajstić information content (AvgIpc) is 2.61. The number of carbonyl (C=O) groups is 1. The van der Waals surface area contributed by atoms with E-state index in [1.165, 1.54) is 12.1 Å². The number of aromatic nitrogens is 3. The van der Waals surface area contributed by atoms with Gasteiger partial charge in [-0.25, -0.2) is 0 Å². The molecule has 0 aliphatic heterocycles. The Bertz CT molecular complexity index is 1020. The molecule has 0 N–H and O–H groups in total. The zero-order valence-corrected chi connectivity index (χ0v) is 13.2. The van der Waals surface area contributed by atoms with E-state index >= 15 is 0 Å². The Morgan fingerprint density at radius 3 is 2.65 bits per heavy atom. The van der Waals surface area contributed by atoms with Crippen LogP contribution in [0.5, 0.6) is 0 Å². The lowest BCUT2D eigenvalue weighted by molar-refractivity contribution is -0.147. The van der Waals surface area contributed by atoms with E-state index in [9.17, 15) is 22.8 Å². The zero-order valence-electron chi connectivity index (χ0n) is 13.2. The summed E-state index contributed by atoms with van der Waals surface area (Å²) in [7, 11) is 0. The van der Waals surface area contributed by atoms with E-state index in [1.807, 2.05) is 0 Å². The third-order valence-corrected chi connectivity index (χ3v) is 3.58. The van der Waals surface area contributed by atoms with Crippen LogP contribution in [0.4, 0.5) is 13.2 Å². The molecule has 0 radical (unpaired) electrons. The first-order valence-electron chi connectivity index (χ1n) is 7.49. The van der Waals surface area contributed by atoms with Gasteiger partial charge in [0.1, 0.15) is 5.52 Å². The van der Waals surface area contributed by atoms with Crippen molar-refractivity contribution >= 4 is 16.9 Å². The monoisotopic (exact) mass is 363 g/mol. The SMILES string of the molecule is O=C(Cc1cccc(C(F)(F)F)c1)OCn1nnc2ccccc2c1=O. The van der Waals surface area contributed by atoms with Crippen molar-refractivity contribution in [2.45, 2.75) is 19.3 Å². The number of carbonyl (C=O) groups excluding carboxylic acids is 1. The smallest absolute Gasteiger partial charge is 0.416 e. The Labute approximate surface area is 144 Å². The Kier molecular flexibility index (Phi) is 4.70. The number of nitrogens with zero attached hydrogens (tertiary/aromatic N) is 3. The summed E-state index contributed by atoms with van der Waals surface area (Å²) in [6, 6.07) is 10.9. The quantitative estimate of drug-likeness (QED) is 0.666. The van der Waals surface area contributed by atoms with Crippen molar-refractivity contribution in [2.24, 2.45) is 0 Å². The van der Waals surface area contributed by atoms with E-state index in [0.29, 0.717) is 10.9 Å². The van der Waals surface area contributed by atoms with Crippen molar-refractivity contribution in [3.63, 3.8) is 0 Å². The van der Waals surface area contributed by atoms with Crippen LogP contribution < -0.4 is 5.56 Å². The van der Waals surface area contributed by atoms with Gasteiger partial charge in [-0.3, -0.25) is 9.59 Å². The van der Waals surface area contributed by atoms with Gasteiger partial charge in [0.15, 0.2) is 6.73 Å². The van der Waals surface area contributed by atoms with Crippen molar-refractivity contribution in [3.05, 3.63) is 70.0 Å². The first-order valence-corrected chi connectivity index (χ1v) is 7.49. The van der Waals surface area contributed by atoms with Gasteiger partial charge < -0.3 is 4.74 Å². The van der Waals surface area contributed by atoms with Crippen LogP contribution in [0.2, 0.25) is 0 Å². The number of alkyl halides is 3. The molecule has 0 spiro atoms. The molecule has 0 fully saturated rings. The summed E-state index contributed by atoms with van der Waals surface area (Å²) in [5.41, 5.74) is -0.771.